The van der Waals surface area contributed by atoms with Crippen LogP contribution in [0.1, 0.15) is 46.5 Å². The highest BCUT2D eigenvalue weighted by Gasteiger charge is 2.27. The molecule has 0 heterocycles. The Balaban J connectivity index is 2.54. The molecule has 0 saturated heterocycles. The van der Waals surface area contributed by atoms with Crippen molar-refractivity contribution >= 4 is 5.78 Å². The Bertz CT molecular complexity index is 211. The van der Waals surface area contributed by atoms with Gasteiger partial charge in [0.25, 0.3) is 0 Å². The van der Waals surface area contributed by atoms with Gasteiger partial charge in [-0.25, -0.2) is 0 Å². The van der Waals surface area contributed by atoms with Crippen molar-refractivity contribution in [2.45, 2.75) is 46.5 Å². The summed E-state index contributed by atoms with van der Waals surface area (Å²) in [5.74, 6) is 1.39. The van der Waals surface area contributed by atoms with E-state index >= 15 is 0 Å². The van der Waals surface area contributed by atoms with Crippen LogP contribution in [0.5, 0.6) is 0 Å². The lowest BCUT2D eigenvalue weighted by atomic mass is 9.77. The molecule has 1 saturated carbocycles. The van der Waals surface area contributed by atoms with E-state index in [4.69, 9.17) is 0 Å². The molecule has 0 amide bonds. The fourth-order valence-corrected chi connectivity index (χ4v) is 2.03. The van der Waals surface area contributed by atoms with Crippen molar-refractivity contribution in [3.8, 4) is 0 Å². The number of ketones is 1. The quantitative estimate of drug-likeness (QED) is 0.596. The fraction of sp³-hybridized carbons (Fsp3) is 0.750. The van der Waals surface area contributed by atoms with Crippen LogP contribution in [0.25, 0.3) is 0 Å². The SMILES string of the molecule is CC(C)=CC[C@H]1C(=O)CCC[C@@H]1C. The number of allylic oxidation sites excluding steroid dienone is 2. The molecule has 0 unspecified atom stereocenters. The van der Waals surface area contributed by atoms with Crippen molar-refractivity contribution < 1.29 is 4.79 Å². The van der Waals surface area contributed by atoms with Gasteiger partial charge in [0.15, 0.2) is 0 Å². The lowest BCUT2D eigenvalue weighted by Gasteiger charge is -2.26. The molecule has 1 nitrogen and oxygen atoms in total. The molecule has 1 aliphatic rings. The van der Waals surface area contributed by atoms with Crippen LogP contribution in [0.2, 0.25) is 0 Å². The molecular formula is C12H20O. The van der Waals surface area contributed by atoms with Gasteiger partial charge in [-0.05, 0) is 39.0 Å². The topological polar surface area (TPSA) is 17.1 Å². The van der Waals surface area contributed by atoms with E-state index in [1.165, 1.54) is 12.0 Å². The van der Waals surface area contributed by atoms with Crippen LogP contribution in [-0.4, -0.2) is 5.78 Å². The molecule has 13 heavy (non-hydrogen) atoms. The van der Waals surface area contributed by atoms with Gasteiger partial charge in [-0.3, -0.25) is 4.79 Å². The Hall–Kier alpha value is -0.590. The van der Waals surface area contributed by atoms with Crippen molar-refractivity contribution in [2.75, 3.05) is 0 Å². The first-order chi connectivity index (χ1) is 6.11. The van der Waals surface area contributed by atoms with Gasteiger partial charge in [-0.15, -0.1) is 0 Å². The Morgan fingerprint density at radius 1 is 1.54 bits per heavy atom. The van der Waals surface area contributed by atoms with Crippen molar-refractivity contribution in [1.29, 1.82) is 0 Å². The van der Waals surface area contributed by atoms with Crippen LogP contribution in [0, 0.1) is 11.8 Å². The molecule has 0 aliphatic heterocycles. The zero-order valence-electron chi connectivity index (χ0n) is 8.97. The number of hydrogen-bond acceptors (Lipinski definition) is 1. The van der Waals surface area contributed by atoms with Gasteiger partial charge in [-0.2, -0.15) is 0 Å². The summed E-state index contributed by atoms with van der Waals surface area (Å²) in [6, 6.07) is 0. The molecule has 0 spiro atoms. The van der Waals surface area contributed by atoms with Crippen molar-refractivity contribution in [3.05, 3.63) is 11.6 Å². The molecule has 1 aliphatic carbocycles. The summed E-state index contributed by atoms with van der Waals surface area (Å²) in [6.07, 6.45) is 6.30. The Kier molecular flexibility index (Phi) is 3.71. The zero-order chi connectivity index (χ0) is 9.84. The highest BCUT2D eigenvalue weighted by atomic mass is 16.1. The molecule has 1 rings (SSSR count). The number of carbonyl (C=O) groups excluding carboxylic acids is 1. The molecule has 2 atom stereocenters. The second-order valence-electron chi connectivity index (χ2n) is 4.46. The first-order valence-electron chi connectivity index (χ1n) is 5.27. The maximum absolute atomic E-state index is 11.6. The zero-order valence-corrected chi connectivity index (χ0v) is 8.97. The van der Waals surface area contributed by atoms with Crippen LogP contribution >= 0.6 is 0 Å². The van der Waals surface area contributed by atoms with Crippen LogP contribution in [0.15, 0.2) is 11.6 Å². The van der Waals surface area contributed by atoms with Gasteiger partial charge in [-0.1, -0.05) is 18.6 Å². The Morgan fingerprint density at radius 3 is 2.77 bits per heavy atom. The van der Waals surface area contributed by atoms with Gasteiger partial charge in [0.1, 0.15) is 5.78 Å². The third-order valence-electron chi connectivity index (χ3n) is 2.96. The minimum atomic E-state index is 0.309. The molecule has 74 valence electrons. The van der Waals surface area contributed by atoms with E-state index in [2.05, 4.69) is 26.8 Å². The van der Waals surface area contributed by atoms with E-state index < -0.39 is 0 Å². The summed E-state index contributed by atoms with van der Waals surface area (Å²) in [5, 5.41) is 0. The summed E-state index contributed by atoms with van der Waals surface area (Å²) >= 11 is 0. The molecular weight excluding hydrogens is 160 g/mol. The standard InChI is InChI=1S/C12H20O/c1-9(2)7-8-11-10(3)5-4-6-12(11)13/h7,10-11H,4-6,8H2,1-3H3/t10-,11+/m0/s1. The van der Waals surface area contributed by atoms with E-state index in [9.17, 15) is 4.79 Å². The third-order valence-corrected chi connectivity index (χ3v) is 2.96. The summed E-state index contributed by atoms with van der Waals surface area (Å²) in [6.45, 7) is 6.40. The van der Waals surface area contributed by atoms with Gasteiger partial charge in [0.05, 0.1) is 0 Å². The normalized spacial score (nSPS) is 28.7. The highest BCUT2D eigenvalue weighted by molar-refractivity contribution is 5.82. The summed E-state index contributed by atoms with van der Waals surface area (Å²) in [7, 11) is 0. The molecule has 0 bridgehead atoms. The van der Waals surface area contributed by atoms with Crippen molar-refractivity contribution in [3.63, 3.8) is 0 Å². The van der Waals surface area contributed by atoms with Gasteiger partial charge in [0.2, 0.25) is 0 Å². The smallest absolute Gasteiger partial charge is 0.136 e. The van der Waals surface area contributed by atoms with Crippen molar-refractivity contribution in [2.24, 2.45) is 11.8 Å². The first-order valence-corrected chi connectivity index (χ1v) is 5.27. The largest absolute Gasteiger partial charge is 0.299 e. The summed E-state index contributed by atoms with van der Waals surface area (Å²) < 4.78 is 0. The highest BCUT2D eigenvalue weighted by Crippen LogP contribution is 2.29. The van der Waals surface area contributed by atoms with E-state index in [1.807, 2.05) is 0 Å². The number of hydrogen-bond donors (Lipinski definition) is 0. The van der Waals surface area contributed by atoms with Crippen LogP contribution in [0.4, 0.5) is 0 Å². The predicted octanol–water partition coefficient (Wildman–Crippen LogP) is 3.35. The average molecular weight is 180 g/mol. The van der Waals surface area contributed by atoms with Gasteiger partial charge >= 0.3 is 0 Å². The molecule has 0 aromatic rings. The third kappa shape index (κ3) is 2.98. The minimum absolute atomic E-state index is 0.309. The Morgan fingerprint density at radius 2 is 2.23 bits per heavy atom. The van der Waals surface area contributed by atoms with E-state index in [1.54, 1.807) is 0 Å². The number of carbonyl (C=O) groups is 1. The monoisotopic (exact) mass is 180 g/mol. The second kappa shape index (κ2) is 4.59. The average Bonchev–Trinajstić information content (AvgIpc) is 2.03. The molecule has 0 radical (unpaired) electrons. The lowest BCUT2D eigenvalue weighted by Crippen LogP contribution is -2.26. The molecule has 0 N–H and O–H groups in total. The van der Waals surface area contributed by atoms with Gasteiger partial charge in [0, 0.05) is 12.3 Å². The van der Waals surface area contributed by atoms with Crippen LogP contribution in [-0.2, 0) is 4.79 Å². The summed E-state index contributed by atoms with van der Waals surface area (Å²) in [4.78, 5) is 11.6. The minimum Gasteiger partial charge on any atom is -0.299 e. The second-order valence-corrected chi connectivity index (χ2v) is 4.46. The predicted molar refractivity (Wildman–Crippen MR) is 55.6 cm³/mol. The van der Waals surface area contributed by atoms with E-state index in [0.29, 0.717) is 17.6 Å². The Labute approximate surface area is 81.2 Å². The maximum atomic E-state index is 11.6. The first kappa shape index (κ1) is 10.5. The molecule has 1 heteroatoms. The van der Waals surface area contributed by atoms with Crippen molar-refractivity contribution in [1.82, 2.24) is 0 Å². The lowest BCUT2D eigenvalue weighted by molar-refractivity contribution is -0.126. The molecule has 0 aromatic heterocycles. The van der Waals surface area contributed by atoms with Crippen LogP contribution in [0.3, 0.4) is 0 Å². The van der Waals surface area contributed by atoms with Crippen LogP contribution < -0.4 is 0 Å². The van der Waals surface area contributed by atoms with Gasteiger partial charge < -0.3 is 0 Å². The molecule has 1 fully saturated rings. The molecule has 0 aromatic carbocycles. The number of Topliss-reactive ketones (excluding diaryl/α,β-unsaturated/α-hetero) is 1. The van der Waals surface area contributed by atoms with E-state index in [0.717, 1.165) is 19.3 Å². The van der Waals surface area contributed by atoms with E-state index in [-0.39, 0.29) is 0 Å². The number of rotatable bonds is 2. The fourth-order valence-electron chi connectivity index (χ4n) is 2.03. The summed E-state index contributed by atoms with van der Waals surface area (Å²) in [5.41, 5.74) is 1.32. The maximum Gasteiger partial charge on any atom is 0.136 e.